The van der Waals surface area contributed by atoms with Gasteiger partial charge in [-0.05, 0) is 31.6 Å². The van der Waals surface area contributed by atoms with Crippen LogP contribution in [0.2, 0.25) is 0 Å². The van der Waals surface area contributed by atoms with Crippen molar-refractivity contribution < 1.29 is 4.79 Å². The Morgan fingerprint density at radius 2 is 1.82 bits per heavy atom. The predicted octanol–water partition coefficient (Wildman–Crippen LogP) is 3.48. The molecule has 0 spiro atoms. The van der Waals surface area contributed by atoms with Crippen LogP contribution in [0.5, 0.6) is 0 Å². The summed E-state index contributed by atoms with van der Waals surface area (Å²) in [4.78, 5) is 11.9. The van der Waals surface area contributed by atoms with Crippen molar-refractivity contribution in [2.45, 2.75) is 57.8 Å². The standard InChI is InChI=1S/C14H24ClNO/c15-10-14(7-8-14)11-16-13(17)9-12-5-3-1-2-4-6-12/h12H,1-11H2,(H,16,17). The first-order valence-corrected chi connectivity index (χ1v) is 7.60. The molecule has 0 aliphatic heterocycles. The first-order chi connectivity index (χ1) is 8.24. The summed E-state index contributed by atoms with van der Waals surface area (Å²) in [5, 5.41) is 3.08. The van der Waals surface area contributed by atoms with E-state index in [1.807, 2.05) is 0 Å². The van der Waals surface area contributed by atoms with Gasteiger partial charge in [0.05, 0.1) is 0 Å². The second-order valence-corrected chi connectivity index (χ2v) is 6.24. The Balaban J connectivity index is 1.65. The molecule has 2 rings (SSSR count). The summed E-state index contributed by atoms with van der Waals surface area (Å²) in [6.45, 7) is 0.794. The normalized spacial score (nSPS) is 24.1. The highest BCUT2D eigenvalue weighted by Gasteiger charge is 2.41. The average molecular weight is 258 g/mol. The third-order valence-corrected chi connectivity index (χ3v) is 4.92. The summed E-state index contributed by atoms with van der Waals surface area (Å²) in [7, 11) is 0. The predicted molar refractivity (Wildman–Crippen MR) is 71.2 cm³/mol. The molecule has 2 aliphatic carbocycles. The van der Waals surface area contributed by atoms with E-state index in [0.717, 1.165) is 13.0 Å². The van der Waals surface area contributed by atoms with Gasteiger partial charge in [0, 0.05) is 24.3 Å². The van der Waals surface area contributed by atoms with E-state index in [-0.39, 0.29) is 11.3 Å². The Morgan fingerprint density at radius 3 is 2.35 bits per heavy atom. The number of carbonyl (C=O) groups excluding carboxylic acids is 1. The number of nitrogens with one attached hydrogen (secondary N) is 1. The second-order valence-electron chi connectivity index (χ2n) is 5.97. The van der Waals surface area contributed by atoms with E-state index in [2.05, 4.69) is 5.32 Å². The Hall–Kier alpha value is -0.240. The fraction of sp³-hybridized carbons (Fsp3) is 0.929. The first kappa shape index (κ1) is 13.2. The molecule has 2 fully saturated rings. The molecule has 98 valence electrons. The minimum Gasteiger partial charge on any atom is -0.355 e. The van der Waals surface area contributed by atoms with Gasteiger partial charge in [-0.2, -0.15) is 0 Å². The van der Waals surface area contributed by atoms with Crippen molar-refractivity contribution in [2.75, 3.05) is 12.4 Å². The molecule has 0 unspecified atom stereocenters. The van der Waals surface area contributed by atoms with E-state index < -0.39 is 0 Å². The topological polar surface area (TPSA) is 29.1 Å². The van der Waals surface area contributed by atoms with Gasteiger partial charge in [-0.25, -0.2) is 0 Å². The van der Waals surface area contributed by atoms with E-state index in [1.165, 1.54) is 51.4 Å². The zero-order valence-corrected chi connectivity index (χ0v) is 11.4. The lowest BCUT2D eigenvalue weighted by Gasteiger charge is -2.16. The molecule has 0 aromatic rings. The molecule has 2 nitrogen and oxygen atoms in total. The van der Waals surface area contributed by atoms with Gasteiger partial charge < -0.3 is 5.32 Å². The Bertz CT molecular complexity index is 255. The first-order valence-electron chi connectivity index (χ1n) is 7.07. The summed E-state index contributed by atoms with van der Waals surface area (Å²) in [6, 6.07) is 0. The van der Waals surface area contributed by atoms with Crippen molar-refractivity contribution in [3.8, 4) is 0 Å². The van der Waals surface area contributed by atoms with Gasteiger partial charge in [-0.1, -0.05) is 25.7 Å². The molecule has 0 bridgehead atoms. The third-order valence-electron chi connectivity index (χ3n) is 4.35. The maximum atomic E-state index is 11.9. The van der Waals surface area contributed by atoms with Crippen LogP contribution in [0.15, 0.2) is 0 Å². The largest absolute Gasteiger partial charge is 0.355 e. The Morgan fingerprint density at radius 1 is 1.18 bits per heavy atom. The lowest BCUT2D eigenvalue weighted by molar-refractivity contribution is -0.122. The number of halogens is 1. The van der Waals surface area contributed by atoms with Crippen LogP contribution in [0.4, 0.5) is 0 Å². The van der Waals surface area contributed by atoms with Crippen LogP contribution in [-0.2, 0) is 4.79 Å². The molecular formula is C14H24ClNO. The minimum atomic E-state index is 0.244. The molecule has 0 radical (unpaired) electrons. The van der Waals surface area contributed by atoms with E-state index in [9.17, 15) is 4.79 Å². The van der Waals surface area contributed by atoms with Crippen LogP contribution in [0.25, 0.3) is 0 Å². The average Bonchev–Trinajstić information content (AvgIpc) is 3.12. The molecule has 0 aromatic carbocycles. The van der Waals surface area contributed by atoms with Crippen LogP contribution < -0.4 is 5.32 Å². The SMILES string of the molecule is O=C(CC1CCCCCC1)NCC1(CCl)CC1. The van der Waals surface area contributed by atoms with Crippen LogP contribution in [0.1, 0.15) is 57.8 Å². The zero-order chi connectivity index (χ0) is 12.1. The third kappa shape index (κ3) is 4.17. The number of hydrogen-bond donors (Lipinski definition) is 1. The van der Waals surface area contributed by atoms with Crippen LogP contribution in [-0.4, -0.2) is 18.3 Å². The van der Waals surface area contributed by atoms with Crippen LogP contribution in [0, 0.1) is 11.3 Å². The van der Waals surface area contributed by atoms with Crippen molar-refractivity contribution in [1.29, 1.82) is 0 Å². The summed E-state index contributed by atoms with van der Waals surface area (Å²) in [6.07, 6.45) is 10.9. The minimum absolute atomic E-state index is 0.244. The van der Waals surface area contributed by atoms with Gasteiger partial charge in [-0.15, -0.1) is 11.6 Å². The molecule has 1 amide bonds. The summed E-state index contributed by atoms with van der Waals surface area (Å²) in [5.74, 6) is 1.56. The van der Waals surface area contributed by atoms with Gasteiger partial charge in [0.2, 0.25) is 5.91 Å². The van der Waals surface area contributed by atoms with Gasteiger partial charge in [0.25, 0.3) is 0 Å². The van der Waals surface area contributed by atoms with Gasteiger partial charge in [0.1, 0.15) is 0 Å². The second kappa shape index (κ2) is 6.08. The molecule has 0 atom stereocenters. The molecular weight excluding hydrogens is 234 g/mol. The highest BCUT2D eigenvalue weighted by atomic mass is 35.5. The Kier molecular flexibility index (Phi) is 4.72. The lowest BCUT2D eigenvalue weighted by Crippen LogP contribution is -2.32. The molecule has 0 heterocycles. The molecule has 1 N–H and O–H groups in total. The van der Waals surface area contributed by atoms with Crippen molar-refractivity contribution in [3.63, 3.8) is 0 Å². The number of rotatable bonds is 5. The van der Waals surface area contributed by atoms with E-state index in [0.29, 0.717) is 11.8 Å². The Labute approximate surface area is 109 Å². The summed E-state index contributed by atoms with van der Waals surface area (Å²) < 4.78 is 0. The molecule has 2 saturated carbocycles. The van der Waals surface area contributed by atoms with E-state index in [4.69, 9.17) is 11.6 Å². The number of alkyl halides is 1. The quantitative estimate of drug-likeness (QED) is 0.593. The zero-order valence-electron chi connectivity index (χ0n) is 10.6. The van der Waals surface area contributed by atoms with Crippen molar-refractivity contribution >= 4 is 17.5 Å². The molecule has 3 heteroatoms. The van der Waals surface area contributed by atoms with E-state index >= 15 is 0 Å². The van der Waals surface area contributed by atoms with Gasteiger partial charge >= 0.3 is 0 Å². The fourth-order valence-corrected chi connectivity index (χ4v) is 3.08. The molecule has 2 aliphatic rings. The summed E-state index contributed by atoms with van der Waals surface area (Å²) >= 11 is 5.90. The van der Waals surface area contributed by atoms with Crippen molar-refractivity contribution in [3.05, 3.63) is 0 Å². The van der Waals surface area contributed by atoms with Crippen LogP contribution in [0.3, 0.4) is 0 Å². The smallest absolute Gasteiger partial charge is 0.220 e. The lowest BCUT2D eigenvalue weighted by atomic mass is 9.96. The molecule has 0 saturated heterocycles. The highest BCUT2D eigenvalue weighted by Crippen LogP contribution is 2.45. The maximum absolute atomic E-state index is 11.9. The number of carbonyl (C=O) groups is 1. The van der Waals surface area contributed by atoms with E-state index in [1.54, 1.807) is 0 Å². The van der Waals surface area contributed by atoms with Crippen LogP contribution >= 0.6 is 11.6 Å². The van der Waals surface area contributed by atoms with Gasteiger partial charge in [0.15, 0.2) is 0 Å². The van der Waals surface area contributed by atoms with Gasteiger partial charge in [-0.3, -0.25) is 4.79 Å². The molecule has 17 heavy (non-hydrogen) atoms. The van der Waals surface area contributed by atoms with Crippen molar-refractivity contribution in [1.82, 2.24) is 5.32 Å². The maximum Gasteiger partial charge on any atom is 0.220 e. The van der Waals surface area contributed by atoms with Crippen molar-refractivity contribution in [2.24, 2.45) is 11.3 Å². The monoisotopic (exact) mass is 257 g/mol. The number of hydrogen-bond acceptors (Lipinski definition) is 1. The fourth-order valence-electron chi connectivity index (χ4n) is 2.72. The molecule has 0 aromatic heterocycles. The summed E-state index contributed by atoms with van der Waals surface area (Å²) in [5.41, 5.74) is 0.251. The number of amides is 1. The highest BCUT2D eigenvalue weighted by molar-refractivity contribution is 6.18.